The highest BCUT2D eigenvalue weighted by Gasteiger charge is 2.14. The monoisotopic (exact) mass is 257 g/mol. The molecule has 2 rings (SSSR count). The predicted molar refractivity (Wildman–Crippen MR) is 78.9 cm³/mol. The summed E-state index contributed by atoms with van der Waals surface area (Å²) in [6.07, 6.45) is 4.01. The fourth-order valence-electron chi connectivity index (χ4n) is 2.40. The van der Waals surface area contributed by atoms with Crippen LogP contribution in [0.5, 0.6) is 5.75 Å². The summed E-state index contributed by atoms with van der Waals surface area (Å²) in [6.45, 7) is 7.69. The molecule has 1 unspecified atom stereocenters. The summed E-state index contributed by atoms with van der Waals surface area (Å²) >= 11 is 0. The molecule has 0 amide bonds. The number of rotatable bonds is 2. The van der Waals surface area contributed by atoms with E-state index in [1.807, 2.05) is 39.0 Å². The maximum atomic E-state index is 11.7. The van der Waals surface area contributed by atoms with Gasteiger partial charge in [0.15, 0.2) is 0 Å². The highest BCUT2D eigenvalue weighted by molar-refractivity contribution is 5.89. The van der Waals surface area contributed by atoms with Gasteiger partial charge in [0.2, 0.25) is 0 Å². The minimum Gasteiger partial charge on any atom is -0.507 e. The normalized spacial score (nSPS) is 13.3. The van der Waals surface area contributed by atoms with Gasteiger partial charge in [-0.2, -0.15) is 0 Å². The van der Waals surface area contributed by atoms with Crippen molar-refractivity contribution in [3.63, 3.8) is 0 Å². The molecule has 0 aliphatic rings. The zero-order valence-electron chi connectivity index (χ0n) is 11.7. The van der Waals surface area contributed by atoms with E-state index in [-0.39, 0.29) is 17.2 Å². The molecule has 0 bridgehead atoms. The standard InChI is InChI=1S/C16H19NO2/c1-5-6-9(2)12-7-10(3)14-13(15(12)18)8-11(4)16(19)17-14/h5-9,18H,1-4H3,(H,17,19)/b6-5+. The van der Waals surface area contributed by atoms with Gasteiger partial charge in [0.25, 0.3) is 5.56 Å². The van der Waals surface area contributed by atoms with Gasteiger partial charge in [0, 0.05) is 22.4 Å². The Morgan fingerprint density at radius 2 is 1.95 bits per heavy atom. The van der Waals surface area contributed by atoms with Crippen molar-refractivity contribution in [1.82, 2.24) is 4.98 Å². The third-order valence-corrected chi connectivity index (χ3v) is 3.49. The third-order valence-electron chi connectivity index (χ3n) is 3.49. The van der Waals surface area contributed by atoms with Gasteiger partial charge in [-0.3, -0.25) is 4.79 Å². The molecule has 1 heterocycles. The van der Waals surface area contributed by atoms with Crippen LogP contribution in [0.2, 0.25) is 0 Å². The number of hydrogen-bond acceptors (Lipinski definition) is 2. The first-order valence-corrected chi connectivity index (χ1v) is 6.44. The van der Waals surface area contributed by atoms with Crippen LogP contribution >= 0.6 is 0 Å². The summed E-state index contributed by atoms with van der Waals surface area (Å²) in [5.41, 5.74) is 3.07. The van der Waals surface area contributed by atoms with Gasteiger partial charge in [-0.25, -0.2) is 0 Å². The van der Waals surface area contributed by atoms with E-state index >= 15 is 0 Å². The van der Waals surface area contributed by atoms with Gasteiger partial charge < -0.3 is 10.1 Å². The van der Waals surface area contributed by atoms with E-state index in [4.69, 9.17) is 0 Å². The molecule has 0 fully saturated rings. The number of aromatic nitrogens is 1. The minimum atomic E-state index is -0.107. The van der Waals surface area contributed by atoms with Crippen molar-refractivity contribution >= 4 is 10.9 Å². The van der Waals surface area contributed by atoms with Crippen molar-refractivity contribution in [3.05, 3.63) is 51.3 Å². The zero-order chi connectivity index (χ0) is 14.2. The van der Waals surface area contributed by atoms with Gasteiger partial charge in [0.1, 0.15) is 5.75 Å². The van der Waals surface area contributed by atoms with Gasteiger partial charge in [-0.05, 0) is 38.5 Å². The van der Waals surface area contributed by atoms with E-state index in [0.717, 1.165) is 11.1 Å². The molecule has 1 atom stereocenters. The maximum absolute atomic E-state index is 11.7. The number of aromatic hydroxyl groups is 1. The average Bonchev–Trinajstić information content (AvgIpc) is 2.36. The molecule has 0 aliphatic carbocycles. The highest BCUT2D eigenvalue weighted by Crippen LogP contribution is 2.35. The Kier molecular flexibility index (Phi) is 3.47. The lowest BCUT2D eigenvalue weighted by molar-refractivity contribution is 0.473. The molecule has 0 spiro atoms. The van der Waals surface area contributed by atoms with Gasteiger partial charge in [0.05, 0.1) is 5.52 Å². The van der Waals surface area contributed by atoms with Crippen LogP contribution < -0.4 is 5.56 Å². The summed E-state index contributed by atoms with van der Waals surface area (Å²) in [4.78, 5) is 14.5. The van der Waals surface area contributed by atoms with Gasteiger partial charge in [-0.15, -0.1) is 0 Å². The number of fused-ring (bicyclic) bond motifs is 1. The quantitative estimate of drug-likeness (QED) is 0.809. The van der Waals surface area contributed by atoms with Crippen LogP contribution in [0, 0.1) is 13.8 Å². The van der Waals surface area contributed by atoms with Gasteiger partial charge in [-0.1, -0.05) is 19.1 Å². The van der Waals surface area contributed by atoms with E-state index in [1.54, 1.807) is 13.0 Å². The van der Waals surface area contributed by atoms with E-state index < -0.39 is 0 Å². The fourth-order valence-corrected chi connectivity index (χ4v) is 2.40. The Morgan fingerprint density at radius 1 is 1.26 bits per heavy atom. The third kappa shape index (κ3) is 2.28. The van der Waals surface area contributed by atoms with E-state index in [9.17, 15) is 9.90 Å². The molecule has 2 aromatic rings. The van der Waals surface area contributed by atoms with Crippen molar-refractivity contribution < 1.29 is 5.11 Å². The first-order valence-electron chi connectivity index (χ1n) is 6.44. The van der Waals surface area contributed by atoms with Crippen LogP contribution in [0.25, 0.3) is 10.9 Å². The second-order valence-corrected chi connectivity index (χ2v) is 5.02. The fraction of sp³-hybridized carbons (Fsp3) is 0.312. The lowest BCUT2D eigenvalue weighted by atomic mass is 9.94. The van der Waals surface area contributed by atoms with Crippen LogP contribution in [-0.2, 0) is 0 Å². The largest absolute Gasteiger partial charge is 0.507 e. The number of phenolic OH excluding ortho intramolecular Hbond substituents is 1. The number of aryl methyl sites for hydroxylation is 2. The molecular formula is C16H19NO2. The SMILES string of the molecule is C/C=C/C(C)c1cc(C)c2[nH]c(=O)c(C)cc2c1O. The Labute approximate surface area is 112 Å². The molecule has 0 aliphatic heterocycles. The van der Waals surface area contributed by atoms with Crippen LogP contribution in [0.15, 0.2) is 29.1 Å². The molecule has 19 heavy (non-hydrogen) atoms. The second-order valence-electron chi connectivity index (χ2n) is 5.02. The lowest BCUT2D eigenvalue weighted by Gasteiger charge is -2.14. The summed E-state index contributed by atoms with van der Waals surface area (Å²) in [5, 5.41) is 11.1. The molecule has 2 N–H and O–H groups in total. The molecule has 0 saturated carbocycles. The molecule has 100 valence electrons. The smallest absolute Gasteiger partial charge is 0.251 e. The van der Waals surface area contributed by atoms with Crippen molar-refractivity contribution in [1.29, 1.82) is 0 Å². The highest BCUT2D eigenvalue weighted by atomic mass is 16.3. The molecular weight excluding hydrogens is 238 g/mol. The minimum absolute atomic E-state index is 0.107. The first kappa shape index (κ1) is 13.4. The Balaban J connectivity index is 2.81. The zero-order valence-corrected chi connectivity index (χ0v) is 11.7. The van der Waals surface area contributed by atoms with Crippen molar-refractivity contribution in [2.75, 3.05) is 0 Å². The van der Waals surface area contributed by atoms with Crippen LogP contribution in [0.4, 0.5) is 0 Å². The number of hydrogen-bond donors (Lipinski definition) is 2. The molecule has 3 heteroatoms. The number of aromatic amines is 1. The van der Waals surface area contributed by atoms with E-state index in [0.29, 0.717) is 16.5 Å². The van der Waals surface area contributed by atoms with Crippen molar-refractivity contribution in [2.24, 2.45) is 0 Å². The lowest BCUT2D eigenvalue weighted by Crippen LogP contribution is -2.09. The molecule has 1 aromatic carbocycles. The number of nitrogens with one attached hydrogen (secondary N) is 1. The number of benzene rings is 1. The molecule has 0 radical (unpaired) electrons. The summed E-state index contributed by atoms with van der Waals surface area (Å²) in [6, 6.07) is 3.69. The molecule has 3 nitrogen and oxygen atoms in total. The average molecular weight is 257 g/mol. The first-order chi connectivity index (χ1) is 8.95. The number of phenols is 1. The molecule has 0 saturated heterocycles. The van der Waals surface area contributed by atoms with Crippen LogP contribution in [0.3, 0.4) is 0 Å². The van der Waals surface area contributed by atoms with E-state index in [2.05, 4.69) is 4.98 Å². The summed E-state index contributed by atoms with van der Waals surface area (Å²) in [5.74, 6) is 0.394. The topological polar surface area (TPSA) is 53.1 Å². The van der Waals surface area contributed by atoms with E-state index in [1.165, 1.54) is 0 Å². The Morgan fingerprint density at radius 3 is 2.58 bits per heavy atom. The van der Waals surface area contributed by atoms with Gasteiger partial charge >= 0.3 is 0 Å². The Hall–Kier alpha value is -2.03. The van der Waals surface area contributed by atoms with Crippen LogP contribution in [0.1, 0.15) is 36.5 Å². The maximum Gasteiger partial charge on any atom is 0.251 e. The molecule has 1 aromatic heterocycles. The van der Waals surface area contributed by atoms with Crippen molar-refractivity contribution in [3.8, 4) is 5.75 Å². The Bertz CT molecular complexity index is 711. The summed E-state index contributed by atoms with van der Waals surface area (Å²) < 4.78 is 0. The summed E-state index contributed by atoms with van der Waals surface area (Å²) in [7, 11) is 0. The van der Waals surface area contributed by atoms with Crippen LogP contribution in [-0.4, -0.2) is 10.1 Å². The van der Waals surface area contributed by atoms with Crippen molar-refractivity contribution in [2.45, 2.75) is 33.6 Å². The number of pyridine rings is 1. The predicted octanol–water partition coefficient (Wildman–Crippen LogP) is 3.53. The number of allylic oxidation sites excluding steroid dienone is 2. The number of H-pyrrole nitrogens is 1. The second kappa shape index (κ2) is 4.92.